The quantitative estimate of drug-likeness (QED) is 0.440. The van der Waals surface area contributed by atoms with Gasteiger partial charge in [0.2, 0.25) is 5.72 Å². The number of nitrogens with two attached hydrogens (primary N) is 1. The second-order valence-corrected chi connectivity index (χ2v) is 9.79. The number of carbonyl (C=O) groups excluding carboxylic acids is 1. The van der Waals surface area contributed by atoms with Gasteiger partial charge in [-0.15, -0.1) is 0 Å². The number of esters is 1. The molecule has 3 atom stereocenters. The van der Waals surface area contributed by atoms with Gasteiger partial charge in [0.25, 0.3) is 0 Å². The summed E-state index contributed by atoms with van der Waals surface area (Å²) in [6, 6.07) is 9.67. The van der Waals surface area contributed by atoms with Crippen molar-refractivity contribution in [2.24, 2.45) is 0 Å². The van der Waals surface area contributed by atoms with E-state index in [2.05, 4.69) is 19.9 Å². The highest BCUT2D eigenvalue weighted by atomic mass is 16.8. The monoisotopic (exact) mass is 496 g/mol. The fraction of sp³-hybridized carbons (Fsp3) is 0.520. The van der Waals surface area contributed by atoms with Gasteiger partial charge in [0.15, 0.2) is 17.3 Å². The van der Waals surface area contributed by atoms with Crippen LogP contribution in [-0.2, 0) is 36.1 Å². The van der Waals surface area contributed by atoms with Crippen molar-refractivity contribution in [2.45, 2.75) is 57.0 Å². The lowest BCUT2D eigenvalue weighted by Gasteiger charge is -2.29. The first-order valence-corrected chi connectivity index (χ1v) is 12.1. The van der Waals surface area contributed by atoms with E-state index in [0.29, 0.717) is 49.5 Å². The van der Waals surface area contributed by atoms with Crippen LogP contribution in [0.1, 0.15) is 32.3 Å². The van der Waals surface area contributed by atoms with Crippen LogP contribution in [0, 0.1) is 0 Å². The normalized spacial score (nSPS) is 24.9. The Balaban J connectivity index is 1.19. The summed E-state index contributed by atoms with van der Waals surface area (Å²) in [7, 11) is 2.00. The minimum Gasteiger partial charge on any atom is -0.461 e. The van der Waals surface area contributed by atoms with Crippen LogP contribution in [0.2, 0.25) is 0 Å². The highest BCUT2D eigenvalue weighted by molar-refractivity contribution is 5.81. The van der Waals surface area contributed by atoms with Gasteiger partial charge in [-0.2, -0.15) is 0 Å². The maximum absolute atomic E-state index is 12.1. The lowest BCUT2D eigenvalue weighted by Crippen LogP contribution is -2.46. The van der Waals surface area contributed by atoms with Gasteiger partial charge in [0, 0.05) is 13.0 Å². The smallest absolute Gasteiger partial charge is 0.306 e. The average Bonchev–Trinajstić information content (AvgIpc) is 3.50. The lowest BCUT2D eigenvalue weighted by molar-refractivity contribution is -0.205. The third-order valence-electron chi connectivity index (χ3n) is 6.54. The van der Waals surface area contributed by atoms with Crippen LogP contribution in [0.5, 0.6) is 0 Å². The Morgan fingerprint density at radius 3 is 2.86 bits per heavy atom. The topological polar surface area (TPSA) is 127 Å². The molecule has 2 N–H and O–H groups in total. The van der Waals surface area contributed by atoms with Crippen molar-refractivity contribution >= 4 is 23.0 Å². The lowest BCUT2D eigenvalue weighted by atomic mass is 10.0. The Morgan fingerprint density at radius 1 is 1.25 bits per heavy atom. The van der Waals surface area contributed by atoms with E-state index >= 15 is 0 Å². The summed E-state index contributed by atoms with van der Waals surface area (Å²) in [5, 5.41) is 0. The Kier molecular flexibility index (Phi) is 6.64. The highest BCUT2D eigenvalue weighted by Gasteiger charge is 2.63. The largest absolute Gasteiger partial charge is 0.461 e. The molecule has 4 heterocycles. The van der Waals surface area contributed by atoms with E-state index < -0.39 is 11.5 Å². The fourth-order valence-corrected chi connectivity index (χ4v) is 4.93. The van der Waals surface area contributed by atoms with Crippen LogP contribution in [0.3, 0.4) is 0 Å². The van der Waals surface area contributed by atoms with E-state index in [4.69, 9.17) is 24.7 Å². The number of likely N-dealkylation sites (N-methyl/N-ethyl adjacent to an activating group) is 1. The molecule has 2 aliphatic rings. The molecule has 36 heavy (non-hydrogen) atoms. The number of carbonyl (C=O) groups is 1. The molecule has 1 aromatic carbocycles. The fourth-order valence-electron chi connectivity index (χ4n) is 4.93. The van der Waals surface area contributed by atoms with Crippen molar-refractivity contribution in [1.29, 1.82) is 0 Å². The number of rotatable bonds is 9. The first kappa shape index (κ1) is 24.6. The van der Waals surface area contributed by atoms with E-state index in [9.17, 15) is 4.79 Å². The van der Waals surface area contributed by atoms with Crippen LogP contribution < -0.4 is 5.73 Å². The van der Waals surface area contributed by atoms with E-state index in [0.717, 1.165) is 5.56 Å². The van der Waals surface area contributed by atoms with Gasteiger partial charge in [-0.3, -0.25) is 9.36 Å². The molecule has 2 aliphatic heterocycles. The van der Waals surface area contributed by atoms with Gasteiger partial charge < -0.3 is 29.6 Å². The summed E-state index contributed by atoms with van der Waals surface area (Å²) in [6.07, 6.45) is 3.46. The van der Waals surface area contributed by atoms with Crippen LogP contribution >= 0.6 is 0 Å². The number of hydrogen-bond acceptors (Lipinski definition) is 10. The predicted octanol–water partition coefficient (Wildman–Crippen LogP) is 2.07. The van der Waals surface area contributed by atoms with Gasteiger partial charge in [0.1, 0.15) is 30.7 Å². The van der Waals surface area contributed by atoms with Crippen LogP contribution in [0.4, 0.5) is 5.82 Å². The van der Waals surface area contributed by atoms with Gasteiger partial charge in [0.05, 0.1) is 12.9 Å². The third-order valence-corrected chi connectivity index (χ3v) is 6.54. The van der Waals surface area contributed by atoms with Crippen LogP contribution in [-0.4, -0.2) is 75.1 Å². The molecule has 2 saturated heterocycles. The van der Waals surface area contributed by atoms with Crippen LogP contribution in [0.15, 0.2) is 43.0 Å². The molecule has 192 valence electrons. The molecule has 0 bridgehead atoms. The minimum atomic E-state index is -0.925. The van der Waals surface area contributed by atoms with Gasteiger partial charge >= 0.3 is 5.97 Å². The van der Waals surface area contributed by atoms with Gasteiger partial charge in [-0.05, 0) is 39.4 Å². The van der Waals surface area contributed by atoms with Crippen molar-refractivity contribution in [3.05, 3.63) is 48.5 Å². The second kappa shape index (κ2) is 9.74. The van der Waals surface area contributed by atoms with Gasteiger partial charge in [-0.25, -0.2) is 15.0 Å². The molecule has 0 spiro atoms. The average molecular weight is 497 g/mol. The first-order chi connectivity index (χ1) is 17.3. The zero-order valence-electron chi connectivity index (χ0n) is 20.8. The van der Waals surface area contributed by atoms with E-state index in [1.54, 1.807) is 6.33 Å². The maximum Gasteiger partial charge on any atom is 0.306 e. The number of nitrogens with zero attached hydrogens (tertiary/aromatic N) is 5. The van der Waals surface area contributed by atoms with Crippen molar-refractivity contribution in [3.63, 3.8) is 0 Å². The molecule has 0 saturated carbocycles. The number of benzene rings is 1. The predicted molar refractivity (Wildman–Crippen MR) is 130 cm³/mol. The third kappa shape index (κ3) is 4.79. The number of nitrogen functional groups attached to an aromatic ring is 1. The molecule has 2 fully saturated rings. The van der Waals surface area contributed by atoms with E-state index in [1.165, 1.54) is 6.33 Å². The summed E-state index contributed by atoms with van der Waals surface area (Å²) in [4.78, 5) is 27.1. The number of fused-ring (bicyclic) bond motifs is 2. The van der Waals surface area contributed by atoms with Crippen molar-refractivity contribution < 1.29 is 23.7 Å². The Labute approximate surface area is 209 Å². The molecule has 0 radical (unpaired) electrons. The standard InChI is InChI=1S/C25H32N6O5/c1-24(2)35-21-18(12-30(3)11-7-10-19(32)33-13-17-8-5-4-6-9-17)34-14-25(21,36-24)31-16-29-20-22(26)27-15-28-23(20)31/h4-6,8-9,15-16,18,21H,7,10-14H2,1-3H3,(H2,26,27,28). The SMILES string of the molecule is CN(CCCC(=O)OCc1ccccc1)CC1OCC2(n3cnc4c(N)ncnc43)OC(C)(C)OC12. The summed E-state index contributed by atoms with van der Waals surface area (Å²) in [6.45, 7) is 5.66. The number of anilines is 1. The Hall–Kier alpha value is -3.12. The number of ether oxygens (including phenoxy) is 4. The first-order valence-electron chi connectivity index (χ1n) is 12.1. The number of hydrogen-bond donors (Lipinski definition) is 1. The zero-order chi connectivity index (χ0) is 25.3. The van der Waals surface area contributed by atoms with Crippen molar-refractivity contribution in [2.75, 3.05) is 32.5 Å². The minimum absolute atomic E-state index is 0.203. The Bertz CT molecular complexity index is 1220. The number of aromatic nitrogens is 4. The molecule has 0 amide bonds. The number of imidazole rings is 1. The second-order valence-electron chi connectivity index (χ2n) is 9.79. The summed E-state index contributed by atoms with van der Waals surface area (Å²) >= 11 is 0. The Morgan fingerprint density at radius 2 is 2.06 bits per heavy atom. The molecular formula is C25H32N6O5. The molecule has 3 aromatic rings. The van der Waals surface area contributed by atoms with Crippen molar-refractivity contribution in [1.82, 2.24) is 24.4 Å². The zero-order valence-corrected chi connectivity index (χ0v) is 20.8. The molecule has 11 nitrogen and oxygen atoms in total. The van der Waals surface area contributed by atoms with E-state index in [1.807, 2.05) is 55.8 Å². The highest BCUT2D eigenvalue weighted by Crippen LogP contribution is 2.47. The van der Waals surface area contributed by atoms with Gasteiger partial charge in [-0.1, -0.05) is 30.3 Å². The molecule has 5 rings (SSSR count). The molecule has 0 aliphatic carbocycles. The van der Waals surface area contributed by atoms with Crippen molar-refractivity contribution in [3.8, 4) is 0 Å². The summed E-state index contributed by atoms with van der Waals surface area (Å²) in [5.74, 6) is -0.712. The van der Waals surface area contributed by atoms with Crippen LogP contribution in [0.25, 0.3) is 11.2 Å². The van der Waals surface area contributed by atoms with E-state index in [-0.39, 0.29) is 24.8 Å². The molecule has 11 heteroatoms. The molecule has 3 unspecified atom stereocenters. The molecule has 2 aromatic heterocycles. The maximum atomic E-state index is 12.1. The summed E-state index contributed by atoms with van der Waals surface area (Å²) in [5.41, 5.74) is 7.13. The summed E-state index contributed by atoms with van der Waals surface area (Å²) < 4.78 is 26.2. The molecular weight excluding hydrogens is 464 g/mol.